The van der Waals surface area contributed by atoms with Crippen molar-refractivity contribution < 1.29 is 9.90 Å². The van der Waals surface area contributed by atoms with E-state index in [1.807, 2.05) is 6.92 Å². The van der Waals surface area contributed by atoms with Crippen LogP contribution in [0.4, 0.5) is 0 Å². The number of carbonyl (C=O) groups is 1. The van der Waals surface area contributed by atoms with E-state index in [1.165, 1.54) is 4.52 Å². The Morgan fingerprint density at radius 3 is 2.95 bits per heavy atom. The van der Waals surface area contributed by atoms with Crippen LogP contribution in [0.15, 0.2) is 12.3 Å². The largest absolute Gasteiger partial charge is 0.388 e. The molecule has 0 saturated heterocycles. The van der Waals surface area contributed by atoms with Gasteiger partial charge in [-0.2, -0.15) is 4.98 Å². The molecule has 7 heteroatoms. The van der Waals surface area contributed by atoms with Gasteiger partial charge in [0.05, 0.1) is 5.60 Å². The summed E-state index contributed by atoms with van der Waals surface area (Å²) < 4.78 is 1.53. The van der Waals surface area contributed by atoms with E-state index in [4.69, 9.17) is 0 Å². The Balaban J connectivity index is 1.74. The average molecular weight is 275 g/mol. The first-order chi connectivity index (χ1) is 9.57. The van der Waals surface area contributed by atoms with Gasteiger partial charge in [-0.15, -0.1) is 5.10 Å². The van der Waals surface area contributed by atoms with E-state index in [0.29, 0.717) is 5.78 Å². The number of carbonyl (C=O) groups excluding carboxylic acids is 1. The summed E-state index contributed by atoms with van der Waals surface area (Å²) in [5, 5.41) is 17.0. The van der Waals surface area contributed by atoms with E-state index in [-0.39, 0.29) is 18.3 Å². The van der Waals surface area contributed by atoms with Crippen molar-refractivity contribution in [1.82, 2.24) is 24.9 Å². The van der Waals surface area contributed by atoms with Crippen LogP contribution < -0.4 is 5.32 Å². The Kier molecular flexibility index (Phi) is 3.13. The number of hydrogen-bond donors (Lipinski definition) is 2. The second-order valence-electron chi connectivity index (χ2n) is 5.35. The van der Waals surface area contributed by atoms with Crippen LogP contribution in [0.3, 0.4) is 0 Å². The molecule has 1 amide bonds. The second kappa shape index (κ2) is 4.82. The minimum atomic E-state index is -0.775. The summed E-state index contributed by atoms with van der Waals surface area (Å²) in [6, 6.07) is 1.80. The first-order valence-corrected chi connectivity index (χ1v) is 6.76. The summed E-state index contributed by atoms with van der Waals surface area (Å²) in [4.78, 5) is 20.2. The van der Waals surface area contributed by atoms with Crippen molar-refractivity contribution in [3.63, 3.8) is 0 Å². The molecule has 3 rings (SSSR count). The molecule has 0 aliphatic heterocycles. The number of aryl methyl sites for hydroxylation is 1. The third-order valence-electron chi connectivity index (χ3n) is 3.75. The van der Waals surface area contributed by atoms with E-state index >= 15 is 0 Å². The van der Waals surface area contributed by atoms with E-state index in [0.717, 1.165) is 31.4 Å². The number of fused-ring (bicyclic) bond motifs is 1. The predicted molar refractivity (Wildman–Crippen MR) is 71.3 cm³/mol. The van der Waals surface area contributed by atoms with Crippen molar-refractivity contribution in [3.05, 3.63) is 23.8 Å². The molecule has 2 aromatic rings. The van der Waals surface area contributed by atoms with Crippen molar-refractivity contribution >= 4 is 11.7 Å². The molecule has 2 heterocycles. The van der Waals surface area contributed by atoms with E-state index in [1.54, 1.807) is 12.3 Å². The highest BCUT2D eigenvalue weighted by Crippen LogP contribution is 2.28. The molecular formula is C13H17N5O2. The molecule has 7 nitrogen and oxygen atoms in total. The molecule has 0 radical (unpaired) electrons. The van der Waals surface area contributed by atoms with E-state index in [2.05, 4.69) is 20.4 Å². The minimum Gasteiger partial charge on any atom is -0.388 e. The van der Waals surface area contributed by atoms with Crippen LogP contribution in [0.2, 0.25) is 0 Å². The molecule has 2 aromatic heterocycles. The first kappa shape index (κ1) is 13.0. The minimum absolute atomic E-state index is 0.0772. The van der Waals surface area contributed by atoms with Gasteiger partial charge in [-0.05, 0) is 25.8 Å². The van der Waals surface area contributed by atoms with Crippen LogP contribution in [0.1, 0.15) is 42.0 Å². The zero-order valence-corrected chi connectivity index (χ0v) is 11.3. The number of nitrogens with one attached hydrogen (secondary N) is 1. The van der Waals surface area contributed by atoms with Gasteiger partial charge in [-0.25, -0.2) is 9.50 Å². The number of rotatable bonds is 3. The van der Waals surface area contributed by atoms with Crippen LogP contribution in [-0.4, -0.2) is 42.7 Å². The highest BCUT2D eigenvalue weighted by molar-refractivity contribution is 5.90. The fourth-order valence-corrected chi connectivity index (χ4v) is 2.54. The van der Waals surface area contributed by atoms with Crippen LogP contribution in [0.5, 0.6) is 0 Å². The maximum atomic E-state index is 12.0. The standard InChI is InChI=1S/C13H17N5O2/c1-9-4-7-14-12-16-10(17-18(9)12)11(19)15-8-13(20)5-2-3-6-13/h4,7,20H,2-3,5-6,8H2,1H3,(H,15,19). The molecule has 0 spiro atoms. The lowest BCUT2D eigenvalue weighted by atomic mass is 10.0. The quantitative estimate of drug-likeness (QED) is 0.849. The SMILES string of the molecule is Cc1ccnc2nc(C(=O)NCC3(O)CCCC3)nn12. The molecular weight excluding hydrogens is 258 g/mol. The first-order valence-electron chi connectivity index (χ1n) is 6.76. The summed E-state index contributed by atoms with van der Waals surface area (Å²) in [6.45, 7) is 2.11. The number of aromatic nitrogens is 4. The van der Waals surface area contributed by atoms with Crippen molar-refractivity contribution in [2.45, 2.75) is 38.2 Å². The molecule has 106 valence electrons. The van der Waals surface area contributed by atoms with Crippen LogP contribution in [0, 0.1) is 6.92 Å². The molecule has 1 fully saturated rings. The number of aliphatic hydroxyl groups is 1. The zero-order valence-electron chi connectivity index (χ0n) is 11.3. The lowest BCUT2D eigenvalue weighted by Crippen LogP contribution is -2.41. The Labute approximate surface area is 116 Å². The summed E-state index contributed by atoms with van der Waals surface area (Å²) in [7, 11) is 0. The molecule has 1 aliphatic carbocycles. The van der Waals surface area contributed by atoms with Crippen molar-refractivity contribution in [1.29, 1.82) is 0 Å². The third kappa shape index (κ3) is 2.36. The van der Waals surface area contributed by atoms with E-state index in [9.17, 15) is 9.90 Å². The Hall–Kier alpha value is -2.02. The van der Waals surface area contributed by atoms with Gasteiger partial charge in [0.2, 0.25) is 5.82 Å². The molecule has 1 aliphatic rings. The molecule has 20 heavy (non-hydrogen) atoms. The average Bonchev–Trinajstić information content (AvgIpc) is 3.04. The highest BCUT2D eigenvalue weighted by Gasteiger charge is 2.31. The third-order valence-corrected chi connectivity index (χ3v) is 3.75. The maximum absolute atomic E-state index is 12.0. The van der Waals surface area contributed by atoms with Gasteiger partial charge >= 0.3 is 0 Å². The summed E-state index contributed by atoms with van der Waals surface area (Å²) in [5.74, 6) is 0.0957. The van der Waals surface area contributed by atoms with Crippen molar-refractivity contribution in [2.75, 3.05) is 6.54 Å². The van der Waals surface area contributed by atoms with Gasteiger partial charge in [0, 0.05) is 18.4 Å². The molecule has 0 aromatic carbocycles. The van der Waals surface area contributed by atoms with Crippen molar-refractivity contribution in [2.24, 2.45) is 0 Å². The predicted octanol–water partition coefficient (Wildman–Crippen LogP) is 0.468. The highest BCUT2D eigenvalue weighted by atomic mass is 16.3. The molecule has 0 bridgehead atoms. The summed E-state index contributed by atoms with van der Waals surface area (Å²) in [5.41, 5.74) is 0.0826. The maximum Gasteiger partial charge on any atom is 0.291 e. The summed E-state index contributed by atoms with van der Waals surface area (Å²) in [6.07, 6.45) is 5.09. The van der Waals surface area contributed by atoms with Crippen LogP contribution >= 0.6 is 0 Å². The topological polar surface area (TPSA) is 92.4 Å². The fraction of sp³-hybridized carbons (Fsp3) is 0.538. The normalized spacial score (nSPS) is 17.5. The van der Waals surface area contributed by atoms with Gasteiger partial charge in [0.1, 0.15) is 0 Å². The Morgan fingerprint density at radius 1 is 1.50 bits per heavy atom. The van der Waals surface area contributed by atoms with Crippen molar-refractivity contribution in [3.8, 4) is 0 Å². The Morgan fingerprint density at radius 2 is 2.25 bits per heavy atom. The van der Waals surface area contributed by atoms with Gasteiger partial charge < -0.3 is 10.4 Å². The van der Waals surface area contributed by atoms with Crippen LogP contribution in [-0.2, 0) is 0 Å². The van der Waals surface area contributed by atoms with Gasteiger partial charge in [-0.1, -0.05) is 12.8 Å². The zero-order chi connectivity index (χ0) is 14.2. The molecule has 0 atom stereocenters. The molecule has 2 N–H and O–H groups in total. The fourth-order valence-electron chi connectivity index (χ4n) is 2.54. The Bertz CT molecular complexity index is 645. The number of hydrogen-bond acceptors (Lipinski definition) is 5. The summed E-state index contributed by atoms with van der Waals surface area (Å²) >= 11 is 0. The number of nitrogens with zero attached hydrogens (tertiary/aromatic N) is 4. The monoisotopic (exact) mass is 275 g/mol. The number of amides is 1. The van der Waals surface area contributed by atoms with E-state index < -0.39 is 5.60 Å². The lowest BCUT2D eigenvalue weighted by molar-refractivity contribution is 0.0447. The lowest BCUT2D eigenvalue weighted by Gasteiger charge is -2.21. The molecule has 1 saturated carbocycles. The van der Waals surface area contributed by atoms with Gasteiger partial charge in [0.25, 0.3) is 11.7 Å². The smallest absolute Gasteiger partial charge is 0.291 e. The molecule has 0 unspecified atom stereocenters. The van der Waals surface area contributed by atoms with Crippen LogP contribution in [0.25, 0.3) is 5.78 Å². The van der Waals surface area contributed by atoms with Gasteiger partial charge in [0.15, 0.2) is 0 Å². The second-order valence-corrected chi connectivity index (χ2v) is 5.35. The van der Waals surface area contributed by atoms with Gasteiger partial charge in [-0.3, -0.25) is 4.79 Å².